The quantitative estimate of drug-likeness (QED) is 0.633. The monoisotopic (exact) mass is 343 g/mol. The Labute approximate surface area is 145 Å². The van der Waals surface area contributed by atoms with Crippen molar-refractivity contribution in [3.63, 3.8) is 0 Å². The second kappa shape index (κ2) is 6.35. The largest absolute Gasteiger partial charge is 0.481 e. The van der Waals surface area contributed by atoms with E-state index in [4.69, 9.17) is 4.74 Å². The Balaban J connectivity index is 1.75. The number of rotatable bonds is 5. The Bertz CT molecular complexity index is 739. The maximum absolute atomic E-state index is 12.7. The Morgan fingerprint density at radius 1 is 1.24 bits per heavy atom. The molecule has 1 aromatic carbocycles. The highest BCUT2D eigenvalue weighted by Gasteiger charge is 2.60. The molecule has 3 rings (SSSR count). The van der Waals surface area contributed by atoms with Crippen LogP contribution in [-0.2, 0) is 14.3 Å². The predicted molar refractivity (Wildman–Crippen MR) is 91.0 cm³/mol. The number of hydrogen-bond acceptors (Lipinski definition) is 4. The van der Waals surface area contributed by atoms with E-state index in [0.29, 0.717) is 24.3 Å². The normalized spacial score (nSPS) is 29.4. The zero-order valence-corrected chi connectivity index (χ0v) is 14.2. The van der Waals surface area contributed by atoms with Crippen molar-refractivity contribution < 1.29 is 24.2 Å². The van der Waals surface area contributed by atoms with E-state index in [1.165, 1.54) is 0 Å². The van der Waals surface area contributed by atoms with Crippen molar-refractivity contribution >= 4 is 23.5 Å². The molecular formula is C19H21NO5. The average molecular weight is 343 g/mol. The fraction of sp³-hybridized carbons (Fsp3) is 0.421. The summed E-state index contributed by atoms with van der Waals surface area (Å²) in [5.41, 5.74) is -0.162. The van der Waals surface area contributed by atoms with Gasteiger partial charge in [-0.05, 0) is 56.4 Å². The van der Waals surface area contributed by atoms with E-state index in [9.17, 15) is 19.5 Å². The van der Waals surface area contributed by atoms with Gasteiger partial charge in [-0.1, -0.05) is 12.2 Å². The smallest absolute Gasteiger partial charge is 0.338 e. The lowest BCUT2D eigenvalue weighted by Crippen LogP contribution is -2.45. The standard InChI is InChI=1S/C19H21NO5/c1-3-25-17(22)11-5-8-14(9-6-11)20-16(21)15-12-4-7-13(10-12)19(15,2)18(23)24/h4-9,12-13,15H,3,10H2,1-2H3,(H,20,21)(H,23,24)/t12-,13-,15+,19+/m0/s1. The van der Waals surface area contributed by atoms with E-state index >= 15 is 0 Å². The predicted octanol–water partition coefficient (Wildman–Crippen LogP) is 2.71. The summed E-state index contributed by atoms with van der Waals surface area (Å²) in [5, 5.41) is 12.5. The summed E-state index contributed by atoms with van der Waals surface area (Å²) in [6, 6.07) is 6.38. The molecule has 0 spiro atoms. The molecule has 0 unspecified atom stereocenters. The third-order valence-corrected chi connectivity index (χ3v) is 5.37. The van der Waals surface area contributed by atoms with Gasteiger partial charge in [0.25, 0.3) is 0 Å². The van der Waals surface area contributed by atoms with Crippen LogP contribution in [0.3, 0.4) is 0 Å². The van der Waals surface area contributed by atoms with Crippen LogP contribution >= 0.6 is 0 Å². The number of aliphatic carboxylic acids is 1. The first kappa shape index (κ1) is 17.2. The minimum atomic E-state index is -1.09. The fourth-order valence-electron chi connectivity index (χ4n) is 3.98. The first-order valence-corrected chi connectivity index (χ1v) is 8.37. The van der Waals surface area contributed by atoms with Gasteiger partial charge in [0.15, 0.2) is 0 Å². The average Bonchev–Trinajstić information content (AvgIpc) is 3.15. The Morgan fingerprint density at radius 3 is 2.52 bits per heavy atom. The summed E-state index contributed by atoms with van der Waals surface area (Å²) in [6.45, 7) is 3.68. The van der Waals surface area contributed by atoms with Crippen LogP contribution in [0.25, 0.3) is 0 Å². The van der Waals surface area contributed by atoms with Crippen molar-refractivity contribution in [3.8, 4) is 0 Å². The summed E-state index contributed by atoms with van der Waals surface area (Å²) in [5.74, 6) is -2.43. The van der Waals surface area contributed by atoms with E-state index in [1.807, 2.05) is 12.2 Å². The van der Waals surface area contributed by atoms with Crippen molar-refractivity contribution in [1.29, 1.82) is 0 Å². The summed E-state index contributed by atoms with van der Waals surface area (Å²) in [7, 11) is 0. The summed E-state index contributed by atoms with van der Waals surface area (Å²) in [6.07, 6.45) is 4.56. The topological polar surface area (TPSA) is 92.7 Å². The van der Waals surface area contributed by atoms with E-state index in [-0.39, 0.29) is 17.7 Å². The van der Waals surface area contributed by atoms with Gasteiger partial charge in [0.05, 0.1) is 23.5 Å². The highest BCUT2D eigenvalue weighted by atomic mass is 16.5. The van der Waals surface area contributed by atoms with E-state index < -0.39 is 23.3 Å². The van der Waals surface area contributed by atoms with E-state index in [0.717, 1.165) is 0 Å². The number of benzene rings is 1. The summed E-state index contributed by atoms with van der Waals surface area (Å²) in [4.78, 5) is 36.2. The number of carboxylic acid groups (broad SMARTS) is 1. The van der Waals surface area contributed by atoms with Gasteiger partial charge in [-0.25, -0.2) is 4.79 Å². The molecule has 2 N–H and O–H groups in total. The second-order valence-corrected chi connectivity index (χ2v) is 6.74. The fourth-order valence-corrected chi connectivity index (χ4v) is 3.98. The number of carbonyl (C=O) groups excluding carboxylic acids is 2. The highest BCUT2D eigenvalue weighted by molar-refractivity contribution is 5.98. The van der Waals surface area contributed by atoms with Crippen molar-refractivity contribution in [2.45, 2.75) is 20.3 Å². The molecule has 6 nitrogen and oxygen atoms in total. The van der Waals surface area contributed by atoms with Gasteiger partial charge in [-0.15, -0.1) is 0 Å². The number of nitrogens with one attached hydrogen (secondary N) is 1. The molecule has 0 aromatic heterocycles. The zero-order valence-electron chi connectivity index (χ0n) is 14.2. The zero-order chi connectivity index (χ0) is 18.2. The van der Waals surface area contributed by atoms with Crippen LogP contribution in [0.15, 0.2) is 36.4 Å². The summed E-state index contributed by atoms with van der Waals surface area (Å²) < 4.78 is 4.92. The number of esters is 1. The number of ether oxygens (including phenoxy) is 1. The lowest BCUT2D eigenvalue weighted by Gasteiger charge is -2.33. The molecule has 132 valence electrons. The van der Waals surface area contributed by atoms with Gasteiger partial charge in [-0.3, -0.25) is 9.59 Å². The first-order chi connectivity index (χ1) is 11.9. The van der Waals surface area contributed by atoms with Gasteiger partial charge in [-0.2, -0.15) is 0 Å². The second-order valence-electron chi connectivity index (χ2n) is 6.74. The summed E-state index contributed by atoms with van der Waals surface area (Å²) >= 11 is 0. The molecule has 1 saturated carbocycles. The molecule has 0 heterocycles. The van der Waals surface area contributed by atoms with Gasteiger partial charge in [0.1, 0.15) is 0 Å². The molecule has 25 heavy (non-hydrogen) atoms. The molecule has 0 radical (unpaired) electrons. The molecule has 4 atom stereocenters. The number of anilines is 1. The van der Waals surface area contributed by atoms with Gasteiger partial charge >= 0.3 is 11.9 Å². The number of carboxylic acids is 1. The minimum Gasteiger partial charge on any atom is -0.481 e. The molecule has 6 heteroatoms. The van der Waals surface area contributed by atoms with Crippen molar-refractivity contribution in [2.75, 3.05) is 11.9 Å². The maximum Gasteiger partial charge on any atom is 0.338 e. The van der Waals surface area contributed by atoms with E-state index in [1.54, 1.807) is 38.1 Å². The molecule has 0 aliphatic heterocycles. The van der Waals surface area contributed by atoms with Crippen molar-refractivity contribution in [1.82, 2.24) is 0 Å². The van der Waals surface area contributed by atoms with Crippen LogP contribution in [0.1, 0.15) is 30.6 Å². The number of allylic oxidation sites excluding steroid dienone is 2. The molecule has 2 aliphatic rings. The van der Waals surface area contributed by atoms with Crippen LogP contribution < -0.4 is 5.32 Å². The first-order valence-electron chi connectivity index (χ1n) is 8.37. The highest BCUT2D eigenvalue weighted by Crippen LogP contribution is 2.56. The number of fused-ring (bicyclic) bond motifs is 2. The molecular weight excluding hydrogens is 322 g/mol. The van der Waals surface area contributed by atoms with Gasteiger partial charge < -0.3 is 15.2 Å². The molecule has 2 aliphatic carbocycles. The van der Waals surface area contributed by atoms with Crippen LogP contribution in [-0.4, -0.2) is 29.6 Å². The SMILES string of the molecule is CCOC(=O)c1ccc(NC(=O)[C@H]2[C@H]3C=C[C@@H](C3)[C@@]2(C)C(=O)O)cc1. The lowest BCUT2D eigenvalue weighted by molar-refractivity contribution is -0.155. The molecule has 1 fully saturated rings. The third kappa shape index (κ3) is 2.81. The Kier molecular flexibility index (Phi) is 4.37. The van der Waals surface area contributed by atoms with Gasteiger partial charge in [0, 0.05) is 5.69 Å². The Hall–Kier alpha value is -2.63. The van der Waals surface area contributed by atoms with Crippen LogP contribution in [0.5, 0.6) is 0 Å². The van der Waals surface area contributed by atoms with Crippen LogP contribution in [0, 0.1) is 23.2 Å². The maximum atomic E-state index is 12.7. The minimum absolute atomic E-state index is 0.0510. The van der Waals surface area contributed by atoms with Gasteiger partial charge in [0.2, 0.25) is 5.91 Å². The number of amides is 1. The Morgan fingerprint density at radius 2 is 1.92 bits per heavy atom. The third-order valence-electron chi connectivity index (χ3n) is 5.37. The van der Waals surface area contributed by atoms with E-state index in [2.05, 4.69) is 5.32 Å². The lowest BCUT2D eigenvalue weighted by atomic mass is 9.69. The molecule has 1 amide bonds. The molecule has 0 saturated heterocycles. The van der Waals surface area contributed by atoms with Crippen molar-refractivity contribution in [3.05, 3.63) is 42.0 Å². The molecule has 2 bridgehead atoms. The molecule has 1 aromatic rings. The number of carbonyl (C=O) groups is 3. The van der Waals surface area contributed by atoms with Crippen molar-refractivity contribution in [2.24, 2.45) is 23.2 Å². The van der Waals surface area contributed by atoms with Crippen LogP contribution in [0.4, 0.5) is 5.69 Å². The number of hydrogen-bond donors (Lipinski definition) is 2. The van der Waals surface area contributed by atoms with Crippen LogP contribution in [0.2, 0.25) is 0 Å².